The molecule has 154 valence electrons. The minimum Gasteiger partial charge on any atom is -0.481 e. The molecule has 0 saturated heterocycles. The van der Waals surface area contributed by atoms with E-state index in [0.29, 0.717) is 29.6 Å². The summed E-state index contributed by atoms with van der Waals surface area (Å²) in [7, 11) is 0. The number of carboxylic acids is 1. The van der Waals surface area contributed by atoms with Gasteiger partial charge in [-0.15, -0.1) is 0 Å². The van der Waals surface area contributed by atoms with Crippen molar-refractivity contribution in [1.82, 2.24) is 0 Å². The Bertz CT molecular complexity index is 591. The van der Waals surface area contributed by atoms with Crippen LogP contribution in [0.5, 0.6) is 0 Å². The van der Waals surface area contributed by atoms with Crippen molar-refractivity contribution in [3.63, 3.8) is 0 Å². The van der Waals surface area contributed by atoms with Gasteiger partial charge < -0.3 is 15.3 Å². The lowest BCUT2D eigenvalue weighted by atomic mass is 9.43. The molecule has 0 amide bonds. The van der Waals surface area contributed by atoms with Crippen LogP contribution in [0.4, 0.5) is 0 Å². The van der Waals surface area contributed by atoms with Gasteiger partial charge in [-0.1, -0.05) is 20.8 Å². The highest BCUT2D eigenvalue weighted by Gasteiger charge is 2.62. The molecule has 0 spiro atoms. The van der Waals surface area contributed by atoms with Crippen molar-refractivity contribution in [2.24, 2.45) is 46.3 Å². The van der Waals surface area contributed by atoms with Gasteiger partial charge in [-0.2, -0.15) is 0 Å². The maximum atomic E-state index is 11.3. The molecule has 0 aromatic rings. The summed E-state index contributed by atoms with van der Waals surface area (Å²) in [5.74, 6) is 1.89. The first-order valence-corrected chi connectivity index (χ1v) is 11.2. The van der Waals surface area contributed by atoms with Crippen molar-refractivity contribution < 1.29 is 20.1 Å². The molecule has 10 atom stereocenters. The predicted molar refractivity (Wildman–Crippen MR) is 104 cm³/mol. The van der Waals surface area contributed by atoms with Crippen LogP contribution in [0.25, 0.3) is 0 Å². The van der Waals surface area contributed by atoms with E-state index in [0.717, 1.165) is 44.9 Å². The van der Waals surface area contributed by atoms with Crippen molar-refractivity contribution in [3.8, 4) is 0 Å². The highest BCUT2D eigenvalue weighted by atomic mass is 16.4. The van der Waals surface area contributed by atoms with Crippen LogP contribution in [-0.2, 0) is 4.79 Å². The van der Waals surface area contributed by atoms with E-state index >= 15 is 0 Å². The summed E-state index contributed by atoms with van der Waals surface area (Å²) >= 11 is 0. The van der Waals surface area contributed by atoms with E-state index in [2.05, 4.69) is 20.8 Å². The van der Waals surface area contributed by atoms with Gasteiger partial charge in [0.15, 0.2) is 0 Å². The van der Waals surface area contributed by atoms with Gasteiger partial charge in [0, 0.05) is 6.42 Å². The topological polar surface area (TPSA) is 77.8 Å². The van der Waals surface area contributed by atoms with Gasteiger partial charge in [0.05, 0.1) is 12.2 Å². The molecule has 4 aliphatic carbocycles. The summed E-state index contributed by atoms with van der Waals surface area (Å²) in [5, 5.41) is 30.7. The van der Waals surface area contributed by atoms with E-state index < -0.39 is 5.97 Å². The van der Waals surface area contributed by atoms with Crippen molar-refractivity contribution >= 4 is 5.97 Å². The van der Waals surface area contributed by atoms with Gasteiger partial charge in [-0.3, -0.25) is 4.79 Å². The fourth-order valence-corrected chi connectivity index (χ4v) is 8.59. The molecule has 0 aromatic heterocycles. The number of aliphatic hydroxyl groups excluding tert-OH is 2. The van der Waals surface area contributed by atoms with Gasteiger partial charge in [-0.25, -0.2) is 0 Å². The summed E-state index contributed by atoms with van der Waals surface area (Å²) in [6, 6.07) is 0. The molecular weight excluding hydrogens is 340 g/mol. The monoisotopic (exact) mass is 378 g/mol. The van der Waals surface area contributed by atoms with Gasteiger partial charge in [0.2, 0.25) is 0 Å². The van der Waals surface area contributed by atoms with E-state index in [4.69, 9.17) is 0 Å². The maximum Gasteiger partial charge on any atom is 0.303 e. The number of carbonyl (C=O) groups is 1. The SMILES string of the molecule is C[C@H](CC(=O)O)[C@H]1CCC2C3C(O)C[C@@H]4C[C@H](O)CC[C@]4(C)C3CC[C@@]21C. The third-order valence-electron chi connectivity index (χ3n) is 9.91. The summed E-state index contributed by atoms with van der Waals surface area (Å²) in [6.45, 7) is 6.96. The smallest absolute Gasteiger partial charge is 0.303 e. The van der Waals surface area contributed by atoms with E-state index in [9.17, 15) is 20.1 Å². The molecule has 4 unspecified atom stereocenters. The first-order valence-electron chi connectivity index (χ1n) is 11.2. The molecule has 0 aromatic carbocycles. The lowest BCUT2D eigenvalue weighted by Crippen LogP contribution is -2.58. The zero-order valence-electron chi connectivity index (χ0n) is 17.2. The van der Waals surface area contributed by atoms with Gasteiger partial charge in [-0.05, 0) is 97.7 Å². The van der Waals surface area contributed by atoms with Gasteiger partial charge >= 0.3 is 5.97 Å². The Hall–Kier alpha value is -0.610. The van der Waals surface area contributed by atoms with Crippen LogP contribution in [0, 0.1) is 46.3 Å². The average Bonchev–Trinajstić information content (AvgIpc) is 2.93. The fourth-order valence-electron chi connectivity index (χ4n) is 8.59. The van der Waals surface area contributed by atoms with E-state index in [1.165, 1.54) is 6.42 Å². The zero-order valence-corrected chi connectivity index (χ0v) is 17.2. The lowest BCUT2D eigenvalue weighted by molar-refractivity contribution is -0.174. The van der Waals surface area contributed by atoms with Crippen LogP contribution in [0.3, 0.4) is 0 Å². The molecular formula is C23H38O4. The molecule has 4 fully saturated rings. The average molecular weight is 379 g/mol. The first-order chi connectivity index (χ1) is 12.7. The van der Waals surface area contributed by atoms with Crippen LogP contribution in [0.2, 0.25) is 0 Å². The third-order valence-corrected chi connectivity index (χ3v) is 9.91. The van der Waals surface area contributed by atoms with Crippen molar-refractivity contribution in [1.29, 1.82) is 0 Å². The maximum absolute atomic E-state index is 11.3. The summed E-state index contributed by atoms with van der Waals surface area (Å²) in [5.41, 5.74) is 0.434. The molecule has 0 heterocycles. The van der Waals surface area contributed by atoms with Crippen LogP contribution in [-0.4, -0.2) is 33.5 Å². The number of fused-ring (bicyclic) bond motifs is 5. The Morgan fingerprint density at radius 2 is 1.67 bits per heavy atom. The quantitative estimate of drug-likeness (QED) is 0.691. The lowest BCUT2D eigenvalue weighted by Gasteiger charge is -2.62. The Morgan fingerprint density at radius 1 is 1.00 bits per heavy atom. The highest BCUT2D eigenvalue weighted by Crippen LogP contribution is 2.68. The Morgan fingerprint density at radius 3 is 2.37 bits per heavy atom. The number of hydrogen-bond donors (Lipinski definition) is 3. The number of hydrogen-bond acceptors (Lipinski definition) is 3. The molecule has 0 radical (unpaired) electrons. The minimum atomic E-state index is -0.683. The van der Waals surface area contributed by atoms with Crippen molar-refractivity contribution in [2.45, 2.75) is 90.8 Å². The number of rotatable bonds is 3. The fraction of sp³-hybridized carbons (Fsp3) is 0.957. The third kappa shape index (κ3) is 2.97. The van der Waals surface area contributed by atoms with Crippen molar-refractivity contribution in [2.75, 3.05) is 0 Å². The molecule has 4 aliphatic rings. The second-order valence-electron chi connectivity index (χ2n) is 11.0. The number of carboxylic acid groups (broad SMARTS) is 1. The highest BCUT2D eigenvalue weighted by molar-refractivity contribution is 5.67. The van der Waals surface area contributed by atoms with Crippen molar-refractivity contribution in [3.05, 3.63) is 0 Å². The number of aliphatic hydroxyl groups is 2. The molecule has 27 heavy (non-hydrogen) atoms. The second kappa shape index (κ2) is 6.73. The normalized spacial score (nSPS) is 53.1. The largest absolute Gasteiger partial charge is 0.481 e. The second-order valence-corrected chi connectivity index (χ2v) is 11.0. The van der Waals surface area contributed by atoms with Crippen LogP contribution < -0.4 is 0 Å². The molecule has 4 rings (SSSR count). The Balaban J connectivity index is 1.60. The first kappa shape index (κ1) is 19.7. The number of aliphatic carboxylic acids is 1. The standard InChI is InChI=1S/C23H38O4/c1-13(10-20(26)27)16-4-5-17-21-18(7-9-23(16,17)3)22(2)8-6-15(24)11-14(22)12-19(21)25/h13-19,21,24-25H,4-12H2,1-3H3,(H,26,27)/t13-,14+,15-,16-,17?,18?,19?,21?,22+,23-/m1/s1. The minimum absolute atomic E-state index is 0.175. The van der Waals surface area contributed by atoms with Gasteiger partial charge in [0.25, 0.3) is 0 Å². The summed E-state index contributed by atoms with van der Waals surface area (Å²) < 4.78 is 0. The van der Waals surface area contributed by atoms with Crippen LogP contribution in [0.1, 0.15) is 78.6 Å². The molecule has 3 N–H and O–H groups in total. The molecule has 4 saturated carbocycles. The van der Waals surface area contributed by atoms with E-state index in [1.807, 2.05) is 0 Å². The molecule has 4 heteroatoms. The summed E-state index contributed by atoms with van der Waals surface area (Å²) in [6.07, 6.45) is 8.12. The molecule has 0 bridgehead atoms. The zero-order chi connectivity index (χ0) is 19.6. The predicted octanol–water partition coefficient (Wildman–Crippen LogP) is 4.09. The van der Waals surface area contributed by atoms with E-state index in [-0.39, 0.29) is 35.4 Å². The molecule has 0 aliphatic heterocycles. The Labute approximate surface area is 163 Å². The van der Waals surface area contributed by atoms with Crippen LogP contribution in [0.15, 0.2) is 0 Å². The molecule has 4 nitrogen and oxygen atoms in total. The Kier molecular flexibility index (Phi) is 4.91. The van der Waals surface area contributed by atoms with Gasteiger partial charge in [0.1, 0.15) is 0 Å². The van der Waals surface area contributed by atoms with E-state index in [1.54, 1.807) is 0 Å². The van der Waals surface area contributed by atoms with Crippen LogP contribution >= 0.6 is 0 Å². The summed E-state index contributed by atoms with van der Waals surface area (Å²) in [4.78, 5) is 11.3.